The quantitative estimate of drug-likeness (QED) is 0.624. The van der Waals surface area contributed by atoms with E-state index in [1.165, 1.54) is 26.0 Å². The normalized spacial score (nSPS) is 11.1. The molecule has 9 heteroatoms. The van der Waals surface area contributed by atoms with Gasteiger partial charge in [-0.1, -0.05) is 0 Å². The minimum absolute atomic E-state index is 0.0194. The number of amides is 2. The van der Waals surface area contributed by atoms with Crippen molar-refractivity contribution in [1.29, 1.82) is 0 Å². The number of sulfonamides is 1. The number of hydrogen-bond acceptors (Lipinski definition) is 4. The lowest BCUT2D eigenvalue weighted by atomic mass is 10.2. The number of halogens is 1. The van der Waals surface area contributed by atoms with Crippen molar-refractivity contribution >= 4 is 27.5 Å². The number of nitrogens with one attached hydrogen (secondary N) is 3. The maximum absolute atomic E-state index is 13.2. The molecule has 0 aliphatic heterocycles. The second kappa shape index (κ2) is 8.74. The Morgan fingerprint density at radius 1 is 1.04 bits per heavy atom. The van der Waals surface area contributed by atoms with Crippen LogP contribution < -0.4 is 15.4 Å². The number of rotatable bonds is 7. The largest absolute Gasteiger partial charge is 0.351 e. The van der Waals surface area contributed by atoms with E-state index in [1.54, 1.807) is 24.3 Å². The molecule has 2 rings (SSSR count). The van der Waals surface area contributed by atoms with Crippen LogP contribution in [-0.4, -0.2) is 33.3 Å². The van der Waals surface area contributed by atoms with Crippen LogP contribution in [0.5, 0.6) is 0 Å². The minimum Gasteiger partial charge on any atom is -0.351 e. The van der Waals surface area contributed by atoms with E-state index in [0.29, 0.717) is 11.3 Å². The number of carbonyl (C=O) groups is 2. The van der Waals surface area contributed by atoms with Gasteiger partial charge in [0, 0.05) is 31.3 Å². The Morgan fingerprint density at radius 2 is 1.70 bits per heavy atom. The molecule has 0 aromatic heterocycles. The van der Waals surface area contributed by atoms with Crippen LogP contribution in [0.25, 0.3) is 0 Å². The van der Waals surface area contributed by atoms with Crippen molar-refractivity contribution < 1.29 is 22.4 Å². The van der Waals surface area contributed by atoms with Crippen LogP contribution in [0.15, 0.2) is 47.4 Å². The number of carbonyl (C=O) groups excluding carboxylic acids is 2. The zero-order valence-electron chi connectivity index (χ0n) is 14.9. The van der Waals surface area contributed by atoms with Crippen LogP contribution in [0.3, 0.4) is 0 Å². The topological polar surface area (TPSA) is 104 Å². The summed E-state index contributed by atoms with van der Waals surface area (Å²) in [5.74, 6) is -1.07. The molecule has 2 aromatic rings. The average Bonchev–Trinajstić information content (AvgIpc) is 2.61. The molecule has 7 nitrogen and oxygen atoms in total. The maximum Gasteiger partial charge on any atom is 0.251 e. The van der Waals surface area contributed by atoms with E-state index in [1.807, 2.05) is 0 Å². The van der Waals surface area contributed by atoms with Gasteiger partial charge in [-0.2, -0.15) is 0 Å². The Morgan fingerprint density at radius 3 is 2.30 bits per heavy atom. The lowest BCUT2D eigenvalue weighted by molar-refractivity contribution is -0.114. The van der Waals surface area contributed by atoms with E-state index in [2.05, 4.69) is 15.4 Å². The molecule has 0 atom stereocenters. The second-order valence-electron chi connectivity index (χ2n) is 5.82. The van der Waals surface area contributed by atoms with E-state index < -0.39 is 15.8 Å². The average molecular weight is 393 g/mol. The predicted octanol–water partition coefficient (Wildman–Crippen LogP) is 1.80. The highest BCUT2D eigenvalue weighted by Crippen LogP contribution is 2.14. The van der Waals surface area contributed by atoms with Crippen molar-refractivity contribution in [3.05, 3.63) is 59.4 Å². The van der Waals surface area contributed by atoms with E-state index in [0.717, 1.165) is 6.07 Å². The second-order valence-corrected chi connectivity index (χ2v) is 7.59. The summed E-state index contributed by atoms with van der Waals surface area (Å²) in [6, 6.07) is 9.80. The first-order chi connectivity index (χ1) is 12.7. The number of benzene rings is 2. The molecule has 2 aromatic carbocycles. The first-order valence-corrected chi connectivity index (χ1v) is 9.59. The van der Waals surface area contributed by atoms with E-state index in [9.17, 15) is 22.4 Å². The van der Waals surface area contributed by atoms with Crippen molar-refractivity contribution in [2.75, 3.05) is 18.4 Å². The summed E-state index contributed by atoms with van der Waals surface area (Å²) in [5.41, 5.74) is 1.18. The highest BCUT2D eigenvalue weighted by atomic mass is 32.2. The van der Waals surface area contributed by atoms with Gasteiger partial charge in [0.2, 0.25) is 15.9 Å². The Labute approximate surface area is 157 Å². The first kappa shape index (κ1) is 20.5. The molecule has 0 bridgehead atoms. The van der Waals surface area contributed by atoms with Gasteiger partial charge in [0.25, 0.3) is 5.91 Å². The molecule has 0 fully saturated rings. The molecular weight excluding hydrogens is 373 g/mol. The van der Waals surface area contributed by atoms with Crippen molar-refractivity contribution in [3.63, 3.8) is 0 Å². The van der Waals surface area contributed by atoms with E-state index in [4.69, 9.17) is 0 Å². The van der Waals surface area contributed by atoms with Gasteiger partial charge in [-0.25, -0.2) is 17.5 Å². The molecule has 144 valence electrons. The smallest absolute Gasteiger partial charge is 0.251 e. The first-order valence-electron chi connectivity index (χ1n) is 8.11. The Kier molecular flexibility index (Phi) is 6.65. The van der Waals surface area contributed by atoms with Gasteiger partial charge >= 0.3 is 0 Å². The molecule has 27 heavy (non-hydrogen) atoms. The van der Waals surface area contributed by atoms with Crippen LogP contribution in [0.2, 0.25) is 0 Å². The van der Waals surface area contributed by atoms with Crippen LogP contribution >= 0.6 is 0 Å². The van der Waals surface area contributed by atoms with Gasteiger partial charge in [-0.15, -0.1) is 0 Å². The number of hydrogen-bond donors (Lipinski definition) is 3. The fraction of sp³-hybridized carbons (Fsp3) is 0.222. The molecule has 0 aliphatic carbocycles. The molecule has 0 radical (unpaired) electrons. The summed E-state index contributed by atoms with van der Waals surface area (Å²) in [6.45, 7) is 2.92. The number of aryl methyl sites for hydroxylation is 1. The molecule has 0 aliphatic rings. The summed E-state index contributed by atoms with van der Waals surface area (Å²) in [4.78, 5) is 23.0. The monoisotopic (exact) mass is 393 g/mol. The minimum atomic E-state index is -3.79. The summed E-state index contributed by atoms with van der Waals surface area (Å²) >= 11 is 0. The van der Waals surface area contributed by atoms with Crippen LogP contribution in [0.4, 0.5) is 10.1 Å². The Balaban J connectivity index is 1.85. The molecule has 0 unspecified atom stereocenters. The third-order valence-electron chi connectivity index (χ3n) is 3.61. The van der Waals surface area contributed by atoms with Crippen molar-refractivity contribution in [1.82, 2.24) is 10.0 Å². The lowest BCUT2D eigenvalue weighted by Crippen LogP contribution is -2.34. The van der Waals surface area contributed by atoms with Gasteiger partial charge in [-0.3, -0.25) is 9.59 Å². The highest BCUT2D eigenvalue weighted by Gasteiger charge is 2.15. The molecule has 0 saturated heterocycles. The zero-order chi connectivity index (χ0) is 20.0. The van der Waals surface area contributed by atoms with Crippen molar-refractivity contribution in [2.24, 2.45) is 0 Å². The van der Waals surface area contributed by atoms with Gasteiger partial charge in [0.15, 0.2) is 0 Å². The maximum atomic E-state index is 13.2. The van der Waals surface area contributed by atoms with E-state index >= 15 is 0 Å². The highest BCUT2D eigenvalue weighted by molar-refractivity contribution is 7.89. The molecule has 0 heterocycles. The zero-order valence-corrected chi connectivity index (χ0v) is 15.7. The van der Waals surface area contributed by atoms with Gasteiger partial charge in [0.1, 0.15) is 5.82 Å². The van der Waals surface area contributed by atoms with Crippen LogP contribution in [0, 0.1) is 12.7 Å². The molecule has 2 amide bonds. The van der Waals surface area contributed by atoms with Crippen molar-refractivity contribution in [2.45, 2.75) is 18.7 Å². The summed E-state index contributed by atoms with van der Waals surface area (Å²) in [7, 11) is -3.79. The summed E-state index contributed by atoms with van der Waals surface area (Å²) in [6.07, 6.45) is 0. The van der Waals surface area contributed by atoms with E-state index in [-0.39, 0.29) is 35.4 Å². The fourth-order valence-corrected chi connectivity index (χ4v) is 3.36. The Hall–Kier alpha value is -2.78. The summed E-state index contributed by atoms with van der Waals surface area (Å²) in [5, 5.41) is 5.18. The van der Waals surface area contributed by atoms with Gasteiger partial charge in [-0.05, 0) is 55.0 Å². The third kappa shape index (κ3) is 5.87. The lowest BCUT2D eigenvalue weighted by Gasteiger charge is -2.09. The standard InChI is InChI=1S/C18H20FN3O4S/c1-12-11-16(7-8-17(12)19)27(25,26)21-10-9-20-18(24)14-3-5-15(6-4-14)22-13(2)23/h3-8,11,21H,9-10H2,1-2H3,(H,20,24)(H,22,23). The molecule has 3 N–H and O–H groups in total. The predicted molar refractivity (Wildman–Crippen MR) is 99.4 cm³/mol. The van der Waals surface area contributed by atoms with Crippen LogP contribution in [0.1, 0.15) is 22.8 Å². The van der Waals surface area contributed by atoms with Gasteiger partial charge < -0.3 is 10.6 Å². The fourth-order valence-electron chi connectivity index (χ4n) is 2.24. The summed E-state index contributed by atoms with van der Waals surface area (Å²) < 4.78 is 39.9. The SMILES string of the molecule is CC(=O)Nc1ccc(C(=O)NCCNS(=O)(=O)c2ccc(F)c(C)c2)cc1. The molecule has 0 spiro atoms. The molecular formula is C18H20FN3O4S. The molecule has 0 saturated carbocycles. The third-order valence-corrected chi connectivity index (χ3v) is 5.07. The van der Waals surface area contributed by atoms with Crippen molar-refractivity contribution in [3.8, 4) is 0 Å². The Bertz CT molecular complexity index is 944. The van der Waals surface area contributed by atoms with Crippen LogP contribution in [-0.2, 0) is 14.8 Å². The van der Waals surface area contributed by atoms with Gasteiger partial charge in [0.05, 0.1) is 4.90 Å². The number of anilines is 1.